The molecule has 1 aliphatic carbocycles. The highest BCUT2D eigenvalue weighted by atomic mass is 32.2. The van der Waals surface area contributed by atoms with Crippen LogP contribution < -0.4 is 25.5 Å². The van der Waals surface area contributed by atoms with Crippen LogP contribution >= 0.6 is 11.9 Å². The molecule has 3 rings (SSSR count). The van der Waals surface area contributed by atoms with Gasteiger partial charge in [-0.15, -0.1) is 0 Å². The van der Waals surface area contributed by atoms with Gasteiger partial charge in [-0.05, 0) is 62.9 Å². The highest BCUT2D eigenvalue weighted by Gasteiger charge is 2.14. The van der Waals surface area contributed by atoms with E-state index in [0.717, 1.165) is 28.8 Å². The van der Waals surface area contributed by atoms with Gasteiger partial charge in [0.05, 0.1) is 5.35 Å². The maximum Gasteiger partial charge on any atom is 0.225 e. The van der Waals surface area contributed by atoms with Gasteiger partial charge in [-0.3, -0.25) is 4.72 Å². The fourth-order valence-corrected chi connectivity index (χ4v) is 4.05. The topological polar surface area (TPSA) is 53.1 Å². The predicted octanol–water partition coefficient (Wildman–Crippen LogP) is 4.21. The van der Waals surface area contributed by atoms with Gasteiger partial charge in [-0.1, -0.05) is 56.2 Å². The molecule has 0 bridgehead atoms. The van der Waals surface area contributed by atoms with Crippen LogP contribution in [0.1, 0.15) is 39.0 Å². The number of benzene rings is 1. The predicted molar refractivity (Wildman–Crippen MR) is 137 cm³/mol. The Labute approximate surface area is 191 Å². The molecule has 0 unspecified atom stereocenters. The molecule has 1 saturated carbocycles. The molecular weight excluding hydrogens is 402 g/mol. The Morgan fingerprint density at radius 1 is 1.13 bits per heavy atom. The molecule has 0 spiro atoms. The summed E-state index contributed by atoms with van der Waals surface area (Å²) in [7, 11) is 5.91. The Hall–Kier alpha value is -2.31. The highest BCUT2D eigenvalue weighted by molar-refractivity contribution is 7.97. The van der Waals surface area contributed by atoms with Gasteiger partial charge in [0.2, 0.25) is 5.95 Å². The van der Waals surface area contributed by atoms with Crippen molar-refractivity contribution in [3.8, 4) is 0 Å². The molecule has 0 aliphatic heterocycles. The molecule has 1 aliphatic rings. The van der Waals surface area contributed by atoms with Gasteiger partial charge in [0.25, 0.3) is 0 Å². The zero-order valence-electron chi connectivity index (χ0n) is 19.4. The van der Waals surface area contributed by atoms with Gasteiger partial charge >= 0.3 is 0 Å². The maximum atomic E-state index is 4.67. The van der Waals surface area contributed by atoms with Gasteiger partial charge in [0, 0.05) is 30.8 Å². The van der Waals surface area contributed by atoms with Gasteiger partial charge in [-0.2, -0.15) is 4.98 Å². The number of hydrogen-bond acceptors (Lipinski definition) is 6. The van der Waals surface area contributed by atoms with Crippen LogP contribution in [0.2, 0.25) is 0 Å². The molecule has 1 heterocycles. The fourth-order valence-electron chi connectivity index (χ4n) is 3.52. The van der Waals surface area contributed by atoms with Crippen molar-refractivity contribution in [2.24, 2.45) is 5.92 Å². The van der Waals surface area contributed by atoms with Crippen LogP contribution in [0.3, 0.4) is 0 Å². The maximum absolute atomic E-state index is 4.67. The first-order valence-corrected chi connectivity index (χ1v) is 11.9. The van der Waals surface area contributed by atoms with Crippen molar-refractivity contribution < 1.29 is 0 Å². The number of rotatable bonds is 7. The second-order valence-corrected chi connectivity index (χ2v) is 8.91. The third-order valence-corrected chi connectivity index (χ3v) is 5.83. The number of nitrogens with one attached hydrogen (secondary N) is 2. The minimum absolute atomic E-state index is 0.692. The van der Waals surface area contributed by atoms with Crippen LogP contribution in [0.4, 0.5) is 11.8 Å². The number of allylic oxidation sites excluding steroid dienone is 2. The van der Waals surface area contributed by atoms with Crippen molar-refractivity contribution in [3.05, 3.63) is 53.1 Å². The third-order valence-electron chi connectivity index (χ3n) is 5.12. The highest BCUT2D eigenvalue weighted by Crippen LogP contribution is 2.23. The summed E-state index contributed by atoms with van der Waals surface area (Å²) in [5.74, 6) is 2.35. The Kier molecular flexibility index (Phi) is 11.2. The summed E-state index contributed by atoms with van der Waals surface area (Å²) >= 11 is 1.63. The summed E-state index contributed by atoms with van der Waals surface area (Å²) in [5.41, 5.74) is 0. The molecule has 0 amide bonds. The van der Waals surface area contributed by atoms with Crippen molar-refractivity contribution in [2.45, 2.75) is 43.9 Å². The quantitative estimate of drug-likeness (QED) is 0.630. The van der Waals surface area contributed by atoms with E-state index in [4.69, 9.17) is 0 Å². The second-order valence-electron chi connectivity index (χ2n) is 7.82. The monoisotopic (exact) mass is 439 g/mol. The minimum atomic E-state index is 0.692. The summed E-state index contributed by atoms with van der Waals surface area (Å²) in [6, 6.07) is 10.2. The summed E-state index contributed by atoms with van der Waals surface area (Å²) in [4.78, 5) is 12.5. The van der Waals surface area contributed by atoms with Crippen LogP contribution in [0, 0.1) is 5.92 Å². The molecule has 0 atom stereocenters. The standard InChI is InChI=1S/C18H28N4.C7H9NS/c1-5-6-12-16-14(2)20-18(21-17(16)22(3)4)19-13-15-10-8-7-9-11-15;1-8-9-7-5-3-2-4-6-7/h5-6,12,15H,2,7-11,13H2,1,3-4H3,(H,19,20);2-6,8H,1H3/b6-5-,16-12+;. The first-order valence-electron chi connectivity index (χ1n) is 11.0. The number of anilines is 2. The van der Waals surface area contributed by atoms with Crippen LogP contribution in [-0.4, -0.2) is 37.7 Å². The molecule has 5 nitrogen and oxygen atoms in total. The summed E-state index contributed by atoms with van der Waals surface area (Å²) in [6.45, 7) is 7.05. The lowest BCUT2D eigenvalue weighted by molar-refractivity contribution is 0.373. The zero-order valence-corrected chi connectivity index (χ0v) is 20.2. The first-order chi connectivity index (χ1) is 15.0. The van der Waals surface area contributed by atoms with E-state index in [-0.39, 0.29) is 0 Å². The Bertz CT molecular complexity index is 905. The molecule has 2 N–H and O–H groups in total. The molecule has 0 saturated heterocycles. The van der Waals surface area contributed by atoms with Crippen molar-refractivity contribution >= 4 is 36.4 Å². The lowest BCUT2D eigenvalue weighted by Gasteiger charge is -2.22. The average molecular weight is 440 g/mol. The van der Waals surface area contributed by atoms with Gasteiger partial charge in [0.15, 0.2) is 0 Å². The van der Waals surface area contributed by atoms with Crippen molar-refractivity contribution in [3.63, 3.8) is 0 Å². The molecular formula is C25H37N5S. The Morgan fingerprint density at radius 2 is 1.84 bits per heavy atom. The largest absolute Gasteiger partial charge is 0.362 e. The van der Waals surface area contributed by atoms with Crippen molar-refractivity contribution in [2.75, 3.05) is 37.9 Å². The van der Waals surface area contributed by atoms with E-state index >= 15 is 0 Å². The minimum Gasteiger partial charge on any atom is -0.362 e. The summed E-state index contributed by atoms with van der Waals surface area (Å²) in [6.07, 6.45) is 12.7. The van der Waals surface area contributed by atoms with E-state index in [1.165, 1.54) is 37.0 Å². The Morgan fingerprint density at radius 3 is 2.45 bits per heavy atom. The van der Waals surface area contributed by atoms with E-state index in [1.807, 2.05) is 69.4 Å². The Balaban J connectivity index is 0.000000316. The van der Waals surface area contributed by atoms with Crippen LogP contribution in [0.5, 0.6) is 0 Å². The molecule has 0 radical (unpaired) electrons. The zero-order chi connectivity index (χ0) is 22.5. The molecule has 1 fully saturated rings. The molecule has 2 aromatic rings. The molecule has 1 aromatic carbocycles. The van der Waals surface area contributed by atoms with E-state index in [1.54, 1.807) is 11.9 Å². The van der Waals surface area contributed by atoms with Gasteiger partial charge in [0.1, 0.15) is 5.82 Å². The number of aromatic nitrogens is 2. The van der Waals surface area contributed by atoms with E-state index in [0.29, 0.717) is 5.95 Å². The molecule has 168 valence electrons. The van der Waals surface area contributed by atoms with E-state index < -0.39 is 0 Å². The number of nitrogens with zero attached hydrogens (tertiary/aromatic N) is 3. The van der Waals surface area contributed by atoms with E-state index in [2.05, 4.69) is 38.7 Å². The van der Waals surface area contributed by atoms with Gasteiger partial charge in [-0.25, -0.2) is 4.98 Å². The normalized spacial score (nSPS) is 14.9. The smallest absolute Gasteiger partial charge is 0.225 e. The van der Waals surface area contributed by atoms with Crippen LogP contribution in [0.15, 0.2) is 47.4 Å². The lowest BCUT2D eigenvalue weighted by Crippen LogP contribution is -2.35. The fraction of sp³-hybridized carbons (Fsp3) is 0.440. The molecule has 31 heavy (non-hydrogen) atoms. The first kappa shape index (κ1) is 25.0. The second kappa shape index (κ2) is 13.9. The van der Waals surface area contributed by atoms with E-state index in [9.17, 15) is 0 Å². The van der Waals surface area contributed by atoms with Crippen molar-refractivity contribution in [1.29, 1.82) is 0 Å². The average Bonchev–Trinajstić information content (AvgIpc) is 2.78. The summed E-state index contributed by atoms with van der Waals surface area (Å²) in [5, 5.41) is 5.16. The van der Waals surface area contributed by atoms with Crippen LogP contribution in [0.25, 0.3) is 12.7 Å². The number of hydrogen-bond donors (Lipinski definition) is 2. The summed E-state index contributed by atoms with van der Waals surface area (Å²) < 4.78 is 3.00. The van der Waals surface area contributed by atoms with Gasteiger partial charge < -0.3 is 10.2 Å². The lowest BCUT2D eigenvalue weighted by atomic mass is 9.89. The van der Waals surface area contributed by atoms with Crippen molar-refractivity contribution in [1.82, 2.24) is 14.7 Å². The molecule has 1 aromatic heterocycles. The van der Waals surface area contributed by atoms with Crippen LogP contribution in [-0.2, 0) is 0 Å². The third kappa shape index (κ3) is 8.75. The molecule has 6 heteroatoms. The SMILES string of the molecule is C=c1nc(NCC2CCCCC2)nc(N(C)C)/c1=C/C=C\C.CNSc1ccccc1.